The average Bonchev–Trinajstić information content (AvgIpc) is 2.15. The fourth-order valence-electron chi connectivity index (χ4n) is 0.867. The van der Waals surface area contributed by atoms with Crippen molar-refractivity contribution in [3.63, 3.8) is 0 Å². The molecular weight excluding hydrogens is 192 g/mol. The van der Waals surface area contributed by atoms with Crippen molar-refractivity contribution in [1.29, 1.82) is 0 Å². The normalized spacial score (nSPS) is 24.9. The summed E-state index contributed by atoms with van der Waals surface area (Å²) in [6, 6.07) is 0. The van der Waals surface area contributed by atoms with E-state index in [-0.39, 0.29) is 0 Å². The Hall–Kier alpha value is -0.240. The van der Waals surface area contributed by atoms with Crippen molar-refractivity contribution >= 4 is 0 Å². The van der Waals surface area contributed by atoms with Gasteiger partial charge in [-0.3, -0.25) is 0 Å². The van der Waals surface area contributed by atoms with E-state index >= 15 is 0 Å². The van der Waals surface area contributed by atoms with E-state index in [0.29, 0.717) is 0 Å². The highest BCUT2D eigenvalue weighted by Gasteiger charge is 2.43. The van der Waals surface area contributed by atoms with Crippen molar-refractivity contribution in [3.8, 4) is 0 Å². The Balaban J connectivity index is 4.62. The zero-order valence-electron chi connectivity index (χ0n) is 8.25. The Bertz CT molecular complexity index is 159. The fourth-order valence-corrected chi connectivity index (χ4v) is 0.867. The summed E-state index contributed by atoms with van der Waals surface area (Å²) in [6.07, 6.45) is -3.51. The van der Waals surface area contributed by atoms with Crippen molar-refractivity contribution in [2.75, 3.05) is 13.2 Å². The van der Waals surface area contributed by atoms with Crippen LogP contribution in [0.25, 0.3) is 0 Å². The van der Waals surface area contributed by atoms with Gasteiger partial charge in [-0.15, -0.1) is 0 Å². The molecule has 0 rings (SSSR count). The Morgan fingerprint density at radius 2 is 1.07 bits per heavy atom. The number of hydrogen-bond donors (Lipinski definition) is 6. The van der Waals surface area contributed by atoms with Gasteiger partial charge in [0, 0.05) is 0 Å². The minimum atomic E-state index is -1.93. The lowest BCUT2D eigenvalue weighted by Gasteiger charge is -2.36. The van der Waals surface area contributed by atoms with E-state index in [1.165, 1.54) is 0 Å². The van der Waals surface area contributed by atoms with Crippen LogP contribution in [0.1, 0.15) is 13.8 Å². The maximum absolute atomic E-state index is 9.38. The van der Waals surface area contributed by atoms with Crippen LogP contribution in [0.3, 0.4) is 0 Å². The molecule has 0 aromatic heterocycles. The first kappa shape index (κ1) is 13.8. The topological polar surface area (TPSA) is 121 Å². The molecule has 6 N–H and O–H groups in total. The number of rotatable bonds is 5. The van der Waals surface area contributed by atoms with Gasteiger partial charge in [0.15, 0.2) is 0 Å². The van der Waals surface area contributed by atoms with E-state index in [9.17, 15) is 20.4 Å². The second-order valence-electron chi connectivity index (χ2n) is 3.92. The van der Waals surface area contributed by atoms with Crippen molar-refractivity contribution in [1.82, 2.24) is 0 Å². The van der Waals surface area contributed by atoms with Crippen LogP contribution in [0.5, 0.6) is 0 Å². The lowest BCUT2D eigenvalue weighted by atomic mass is 9.86. The summed E-state index contributed by atoms with van der Waals surface area (Å²) in [5.41, 5.74) is -3.86. The summed E-state index contributed by atoms with van der Waals surface area (Å²) in [5.74, 6) is 0. The number of aliphatic hydroxyl groups excluding tert-OH is 4. The van der Waals surface area contributed by atoms with Crippen molar-refractivity contribution < 1.29 is 30.6 Å². The molecule has 0 aliphatic heterocycles. The summed E-state index contributed by atoms with van der Waals surface area (Å²) in [4.78, 5) is 0. The average molecular weight is 210 g/mol. The second-order valence-corrected chi connectivity index (χ2v) is 3.92. The van der Waals surface area contributed by atoms with Crippen LogP contribution in [0.4, 0.5) is 0 Å². The highest BCUT2D eigenvalue weighted by molar-refractivity contribution is 4.94. The Kier molecular flexibility index (Phi) is 4.44. The van der Waals surface area contributed by atoms with Gasteiger partial charge in [0.05, 0.1) is 13.2 Å². The smallest absolute Gasteiger partial charge is 0.113 e. The monoisotopic (exact) mass is 210 g/mol. The Morgan fingerprint density at radius 1 is 0.857 bits per heavy atom. The predicted molar refractivity (Wildman–Crippen MR) is 47.4 cm³/mol. The minimum absolute atomic E-state index is 0.771. The standard InChI is InChI=1S/C8H18O6/c1-7(13,3-9)5(11)6(12)8(2,14)4-10/h5-6,9-14H,3-4H2,1-2H3. The molecule has 0 aromatic carbocycles. The molecule has 0 spiro atoms. The lowest BCUT2D eigenvalue weighted by Crippen LogP contribution is -2.58. The van der Waals surface area contributed by atoms with Gasteiger partial charge in [0.25, 0.3) is 0 Å². The van der Waals surface area contributed by atoms with Gasteiger partial charge in [-0.2, -0.15) is 0 Å². The van der Waals surface area contributed by atoms with Gasteiger partial charge in [-0.25, -0.2) is 0 Å². The van der Waals surface area contributed by atoms with Gasteiger partial charge in [-0.1, -0.05) is 0 Å². The number of hydrogen-bond acceptors (Lipinski definition) is 6. The summed E-state index contributed by atoms with van der Waals surface area (Å²) < 4.78 is 0. The highest BCUT2D eigenvalue weighted by atomic mass is 16.4. The van der Waals surface area contributed by atoms with Crippen LogP contribution in [-0.2, 0) is 0 Å². The SMILES string of the molecule is CC(O)(CO)C(O)C(O)C(C)(O)CO. The molecule has 0 fully saturated rings. The molecular formula is C8H18O6. The molecule has 0 radical (unpaired) electrons. The van der Waals surface area contributed by atoms with Gasteiger partial charge in [-0.05, 0) is 13.8 Å². The van der Waals surface area contributed by atoms with Crippen LogP contribution in [0.2, 0.25) is 0 Å². The third-order valence-corrected chi connectivity index (χ3v) is 2.21. The third kappa shape index (κ3) is 2.88. The molecule has 0 heterocycles. The summed E-state index contributed by atoms with van der Waals surface area (Å²) >= 11 is 0. The van der Waals surface area contributed by atoms with E-state index in [4.69, 9.17) is 10.2 Å². The zero-order valence-corrected chi connectivity index (χ0v) is 8.25. The largest absolute Gasteiger partial charge is 0.393 e. The molecule has 6 nitrogen and oxygen atoms in total. The molecule has 0 bridgehead atoms. The van der Waals surface area contributed by atoms with E-state index in [1.54, 1.807) is 0 Å². The molecule has 6 heteroatoms. The molecule has 14 heavy (non-hydrogen) atoms. The Morgan fingerprint density at radius 3 is 1.21 bits per heavy atom. The maximum atomic E-state index is 9.38. The zero-order chi connectivity index (χ0) is 11.6. The summed E-state index contributed by atoms with van der Waals surface area (Å²) in [5, 5.41) is 54.9. The summed E-state index contributed by atoms with van der Waals surface area (Å²) in [7, 11) is 0. The Labute approximate surface area is 82.1 Å². The van der Waals surface area contributed by atoms with E-state index in [0.717, 1.165) is 13.8 Å². The molecule has 0 amide bonds. The highest BCUT2D eigenvalue weighted by Crippen LogP contribution is 2.20. The van der Waals surface area contributed by atoms with Gasteiger partial charge < -0.3 is 30.6 Å². The fraction of sp³-hybridized carbons (Fsp3) is 1.00. The van der Waals surface area contributed by atoms with Crippen LogP contribution in [-0.4, -0.2) is 67.3 Å². The first-order valence-corrected chi connectivity index (χ1v) is 4.21. The molecule has 4 unspecified atom stereocenters. The van der Waals surface area contributed by atoms with Crippen LogP contribution in [0.15, 0.2) is 0 Å². The van der Waals surface area contributed by atoms with Crippen molar-refractivity contribution in [2.24, 2.45) is 0 Å². The van der Waals surface area contributed by atoms with E-state index < -0.39 is 36.6 Å². The molecule has 0 aromatic rings. The molecule has 0 aliphatic carbocycles. The minimum Gasteiger partial charge on any atom is -0.393 e. The van der Waals surface area contributed by atoms with Gasteiger partial charge in [0.1, 0.15) is 23.4 Å². The van der Waals surface area contributed by atoms with Crippen molar-refractivity contribution in [3.05, 3.63) is 0 Å². The van der Waals surface area contributed by atoms with Gasteiger partial charge in [0.2, 0.25) is 0 Å². The molecule has 86 valence electrons. The van der Waals surface area contributed by atoms with E-state index in [2.05, 4.69) is 0 Å². The van der Waals surface area contributed by atoms with Gasteiger partial charge >= 0.3 is 0 Å². The summed E-state index contributed by atoms with van der Waals surface area (Å²) in [6.45, 7) is 0.669. The van der Waals surface area contributed by atoms with E-state index in [1.807, 2.05) is 0 Å². The predicted octanol–water partition coefficient (Wildman–Crippen LogP) is -2.81. The molecule has 0 saturated carbocycles. The second kappa shape index (κ2) is 4.52. The lowest BCUT2D eigenvalue weighted by molar-refractivity contribution is -0.193. The molecule has 0 saturated heterocycles. The van der Waals surface area contributed by atoms with Crippen LogP contribution >= 0.6 is 0 Å². The van der Waals surface area contributed by atoms with Crippen LogP contribution < -0.4 is 0 Å². The molecule has 0 aliphatic rings. The quantitative estimate of drug-likeness (QED) is 0.291. The first-order chi connectivity index (χ1) is 6.19. The maximum Gasteiger partial charge on any atom is 0.113 e. The molecule has 4 atom stereocenters. The third-order valence-electron chi connectivity index (χ3n) is 2.21. The first-order valence-electron chi connectivity index (χ1n) is 4.21. The van der Waals surface area contributed by atoms with Crippen LogP contribution in [0, 0.1) is 0 Å². The van der Waals surface area contributed by atoms with Crippen molar-refractivity contribution in [2.45, 2.75) is 37.3 Å². The number of aliphatic hydroxyl groups is 6.